The number of nitrogens with zero attached hydrogens (tertiary/aromatic N) is 3. The molecule has 0 radical (unpaired) electrons. The summed E-state index contributed by atoms with van der Waals surface area (Å²) in [5, 5.41) is 3.57. The molecule has 0 aliphatic heterocycles. The van der Waals surface area contributed by atoms with Crippen LogP contribution in [0.15, 0.2) is 82.5 Å². The number of hydrogen-bond donors (Lipinski definition) is 1. The Morgan fingerprint density at radius 2 is 1.74 bits per heavy atom. The number of para-hydroxylation sites is 1. The Labute approximate surface area is 227 Å². The van der Waals surface area contributed by atoms with Gasteiger partial charge in [-0.3, -0.25) is 9.36 Å². The number of hydrogen-bond acceptors (Lipinski definition) is 5. The number of anilines is 1. The lowest BCUT2D eigenvalue weighted by molar-refractivity contribution is 0.181. The summed E-state index contributed by atoms with van der Waals surface area (Å²) >= 11 is 1.65. The van der Waals surface area contributed by atoms with Crippen molar-refractivity contribution in [1.29, 1.82) is 0 Å². The SMILES string of the molecule is CCCN(C(=O)Nc1ccc(SC)cc1)C(CC)c1nc2ccccc2c(=O)n1-c1ccc(OCC)cc1. The minimum absolute atomic E-state index is 0.169. The number of thioether (sulfide) groups is 1. The topological polar surface area (TPSA) is 76.5 Å². The molecule has 0 bridgehead atoms. The predicted molar refractivity (Wildman–Crippen MR) is 156 cm³/mol. The number of carbonyl (C=O) groups is 1. The third kappa shape index (κ3) is 5.86. The number of nitrogens with one attached hydrogen (secondary N) is 1. The maximum Gasteiger partial charge on any atom is 0.322 e. The van der Waals surface area contributed by atoms with Crippen molar-refractivity contribution in [3.05, 3.63) is 89.0 Å². The van der Waals surface area contributed by atoms with E-state index in [1.54, 1.807) is 27.3 Å². The molecule has 1 heterocycles. The summed E-state index contributed by atoms with van der Waals surface area (Å²) in [5.74, 6) is 1.26. The van der Waals surface area contributed by atoms with Gasteiger partial charge in [0.25, 0.3) is 5.56 Å². The van der Waals surface area contributed by atoms with Crippen LogP contribution in [0, 0.1) is 0 Å². The summed E-state index contributed by atoms with van der Waals surface area (Å²) in [6.07, 6.45) is 3.36. The molecule has 0 spiro atoms. The monoisotopic (exact) mass is 530 g/mol. The molecule has 1 N–H and O–H groups in total. The average Bonchev–Trinajstić information content (AvgIpc) is 2.94. The number of urea groups is 1. The minimum atomic E-state index is -0.427. The van der Waals surface area contributed by atoms with Gasteiger partial charge in [-0.1, -0.05) is 26.0 Å². The second-order valence-electron chi connectivity index (χ2n) is 8.83. The van der Waals surface area contributed by atoms with Crippen LogP contribution in [0.4, 0.5) is 10.5 Å². The summed E-state index contributed by atoms with van der Waals surface area (Å²) in [6, 6.07) is 21.9. The molecule has 4 rings (SSSR count). The average molecular weight is 531 g/mol. The molecule has 1 atom stereocenters. The quantitative estimate of drug-likeness (QED) is 0.226. The second-order valence-corrected chi connectivity index (χ2v) is 9.71. The summed E-state index contributed by atoms with van der Waals surface area (Å²) in [5.41, 5.74) is 1.84. The molecular weight excluding hydrogens is 496 g/mol. The Balaban J connectivity index is 1.81. The maximum atomic E-state index is 13.9. The predicted octanol–water partition coefficient (Wildman–Crippen LogP) is 6.90. The fourth-order valence-electron chi connectivity index (χ4n) is 4.53. The lowest BCUT2D eigenvalue weighted by atomic mass is 10.1. The van der Waals surface area contributed by atoms with E-state index in [4.69, 9.17) is 9.72 Å². The highest BCUT2D eigenvalue weighted by molar-refractivity contribution is 7.98. The van der Waals surface area contributed by atoms with E-state index in [1.165, 1.54) is 0 Å². The normalized spacial score (nSPS) is 11.8. The van der Waals surface area contributed by atoms with Crippen molar-refractivity contribution in [3.63, 3.8) is 0 Å². The molecule has 3 aromatic carbocycles. The molecule has 7 nitrogen and oxygen atoms in total. The maximum absolute atomic E-state index is 13.9. The Morgan fingerprint density at radius 1 is 1.03 bits per heavy atom. The molecule has 4 aromatic rings. The Bertz CT molecular complexity index is 1440. The van der Waals surface area contributed by atoms with Gasteiger partial charge in [-0.25, -0.2) is 9.78 Å². The van der Waals surface area contributed by atoms with Crippen LogP contribution in [0.2, 0.25) is 0 Å². The number of aromatic nitrogens is 2. The van der Waals surface area contributed by atoms with Gasteiger partial charge in [0, 0.05) is 17.1 Å². The van der Waals surface area contributed by atoms with Gasteiger partial charge in [-0.2, -0.15) is 0 Å². The van der Waals surface area contributed by atoms with Crippen molar-refractivity contribution in [3.8, 4) is 11.4 Å². The minimum Gasteiger partial charge on any atom is -0.494 e. The molecule has 0 saturated heterocycles. The zero-order valence-corrected chi connectivity index (χ0v) is 23.1. The van der Waals surface area contributed by atoms with Crippen molar-refractivity contribution < 1.29 is 9.53 Å². The van der Waals surface area contributed by atoms with Crippen LogP contribution >= 0.6 is 11.8 Å². The number of amides is 2. The molecule has 0 saturated carbocycles. The fraction of sp³-hybridized carbons (Fsp3) is 0.300. The molecule has 1 unspecified atom stereocenters. The Hall–Kier alpha value is -3.78. The van der Waals surface area contributed by atoms with Gasteiger partial charge in [-0.15, -0.1) is 11.8 Å². The third-order valence-corrected chi connectivity index (χ3v) is 7.08. The molecule has 0 aliphatic rings. The van der Waals surface area contributed by atoms with E-state index in [9.17, 15) is 9.59 Å². The van der Waals surface area contributed by atoms with Crippen LogP contribution in [0.1, 0.15) is 45.5 Å². The lowest BCUT2D eigenvalue weighted by Gasteiger charge is -2.32. The standard InChI is InChI=1S/C30H34N4O3S/c1-5-20-33(30(36)31-21-12-18-24(38-4)19-13-21)27(6-2)28-32-26-11-9-8-10-25(26)29(35)34(28)22-14-16-23(17-15-22)37-7-3/h8-19,27H,5-7,20H2,1-4H3,(H,31,36). The lowest BCUT2D eigenvalue weighted by Crippen LogP contribution is -2.41. The first-order valence-corrected chi connectivity index (χ1v) is 14.2. The summed E-state index contributed by atoms with van der Waals surface area (Å²) in [7, 11) is 0. The van der Waals surface area contributed by atoms with Crippen LogP contribution in [0.3, 0.4) is 0 Å². The number of rotatable bonds is 10. The first-order valence-electron chi connectivity index (χ1n) is 13.0. The molecule has 8 heteroatoms. The largest absolute Gasteiger partial charge is 0.494 e. The smallest absolute Gasteiger partial charge is 0.322 e. The van der Waals surface area contributed by atoms with E-state index < -0.39 is 6.04 Å². The van der Waals surface area contributed by atoms with Gasteiger partial charge in [-0.05, 0) is 86.7 Å². The fourth-order valence-corrected chi connectivity index (χ4v) is 4.94. The van der Waals surface area contributed by atoms with Gasteiger partial charge < -0.3 is 15.0 Å². The van der Waals surface area contributed by atoms with E-state index in [1.807, 2.05) is 93.8 Å². The first kappa shape index (κ1) is 27.3. The Morgan fingerprint density at radius 3 is 2.37 bits per heavy atom. The Kier molecular flexibility index (Phi) is 9.07. The van der Waals surface area contributed by atoms with Crippen molar-refractivity contribution in [2.24, 2.45) is 0 Å². The van der Waals surface area contributed by atoms with Gasteiger partial charge in [0.05, 0.1) is 29.2 Å². The highest BCUT2D eigenvalue weighted by Gasteiger charge is 2.29. The molecule has 0 fully saturated rings. The van der Waals surface area contributed by atoms with Gasteiger partial charge in [0.15, 0.2) is 0 Å². The van der Waals surface area contributed by atoms with Gasteiger partial charge >= 0.3 is 6.03 Å². The number of ether oxygens (including phenoxy) is 1. The molecule has 2 amide bonds. The van der Waals surface area contributed by atoms with E-state index in [2.05, 4.69) is 5.32 Å². The second kappa shape index (κ2) is 12.6. The van der Waals surface area contributed by atoms with E-state index >= 15 is 0 Å². The molecular formula is C30H34N4O3S. The van der Waals surface area contributed by atoms with Crippen molar-refractivity contribution >= 4 is 34.4 Å². The first-order chi connectivity index (χ1) is 18.5. The zero-order valence-electron chi connectivity index (χ0n) is 22.3. The third-order valence-electron chi connectivity index (χ3n) is 6.34. The molecule has 198 valence electrons. The van der Waals surface area contributed by atoms with Gasteiger partial charge in [0.1, 0.15) is 11.6 Å². The molecule has 0 aliphatic carbocycles. The van der Waals surface area contributed by atoms with Gasteiger partial charge in [0.2, 0.25) is 0 Å². The number of carbonyl (C=O) groups excluding carboxylic acids is 1. The number of benzene rings is 3. The summed E-state index contributed by atoms with van der Waals surface area (Å²) in [4.78, 5) is 35.3. The highest BCUT2D eigenvalue weighted by atomic mass is 32.2. The highest BCUT2D eigenvalue weighted by Crippen LogP contribution is 2.28. The van der Waals surface area contributed by atoms with Crippen LogP contribution < -0.4 is 15.6 Å². The molecule has 1 aromatic heterocycles. The van der Waals surface area contributed by atoms with Crippen molar-refractivity contribution in [2.45, 2.75) is 44.6 Å². The summed E-state index contributed by atoms with van der Waals surface area (Å²) < 4.78 is 7.24. The van der Waals surface area contributed by atoms with Crippen molar-refractivity contribution in [1.82, 2.24) is 14.5 Å². The van der Waals surface area contributed by atoms with Crippen LogP contribution in [-0.2, 0) is 0 Å². The molecule has 38 heavy (non-hydrogen) atoms. The van der Waals surface area contributed by atoms with Crippen LogP contribution in [0.25, 0.3) is 16.6 Å². The summed E-state index contributed by atoms with van der Waals surface area (Å²) in [6.45, 7) is 7.05. The van der Waals surface area contributed by atoms with Crippen LogP contribution in [-0.4, -0.2) is 39.9 Å². The van der Waals surface area contributed by atoms with E-state index in [0.29, 0.717) is 42.0 Å². The number of fused-ring (bicyclic) bond motifs is 1. The van der Waals surface area contributed by atoms with Crippen molar-refractivity contribution in [2.75, 3.05) is 24.7 Å². The van der Waals surface area contributed by atoms with E-state index in [0.717, 1.165) is 22.8 Å². The van der Waals surface area contributed by atoms with Crippen LogP contribution in [0.5, 0.6) is 5.75 Å². The zero-order chi connectivity index (χ0) is 27.1. The van der Waals surface area contributed by atoms with E-state index in [-0.39, 0.29) is 11.6 Å².